The third kappa shape index (κ3) is 4.88. The quantitative estimate of drug-likeness (QED) is 0.624. The van der Waals surface area contributed by atoms with Gasteiger partial charge in [-0.05, 0) is 24.3 Å². The van der Waals surface area contributed by atoms with Crippen LogP contribution >= 0.6 is 0 Å². The summed E-state index contributed by atoms with van der Waals surface area (Å²) < 4.78 is 22.5. The summed E-state index contributed by atoms with van der Waals surface area (Å²) in [5.74, 6) is -3.01. The predicted molar refractivity (Wildman–Crippen MR) is 72.3 cm³/mol. The molecule has 114 valence electrons. The van der Waals surface area contributed by atoms with E-state index < -0.39 is 40.1 Å². The van der Waals surface area contributed by atoms with E-state index in [9.17, 15) is 22.8 Å². The number of carbonyl (C=O) groups is 3. The lowest BCUT2D eigenvalue weighted by atomic mass is 10.1. The first-order valence-electron chi connectivity index (χ1n) is 5.73. The van der Waals surface area contributed by atoms with Crippen molar-refractivity contribution in [1.29, 1.82) is 0 Å². The molecule has 0 spiro atoms. The van der Waals surface area contributed by atoms with E-state index in [1.807, 2.05) is 0 Å². The molecule has 1 rings (SSSR count). The van der Waals surface area contributed by atoms with Crippen LogP contribution in [0, 0.1) is 0 Å². The summed E-state index contributed by atoms with van der Waals surface area (Å²) in [5, 5.41) is 11.0. The number of amides is 2. The van der Waals surface area contributed by atoms with Crippen LogP contribution in [-0.2, 0) is 19.4 Å². The lowest BCUT2D eigenvalue weighted by Crippen LogP contribution is -2.43. The van der Waals surface area contributed by atoms with Gasteiger partial charge in [0.1, 0.15) is 6.04 Å². The van der Waals surface area contributed by atoms with Gasteiger partial charge < -0.3 is 16.2 Å². The summed E-state index contributed by atoms with van der Waals surface area (Å²) in [6, 6.07) is 3.51. The second kappa shape index (κ2) is 6.35. The van der Waals surface area contributed by atoms with E-state index in [1.54, 1.807) is 0 Å². The third-order valence-electron chi connectivity index (χ3n) is 2.55. The molecule has 9 heteroatoms. The number of nitrogens with one attached hydrogen (secondary N) is 1. The zero-order valence-electron chi connectivity index (χ0n) is 11.1. The fourth-order valence-corrected chi connectivity index (χ4v) is 2.13. The standard InChI is InChI=1S/C12H14N2O6S/c1-21(19,20)8-4-2-7(3-5-8)11(16)14-9(12(17)18)6-10(13)15/h2-5,9H,6H2,1H3,(H2,13,15)(H,14,16)(H,17,18)/t9-/m0/s1. The van der Waals surface area contributed by atoms with E-state index in [1.165, 1.54) is 24.3 Å². The van der Waals surface area contributed by atoms with Crippen molar-refractivity contribution in [3.8, 4) is 0 Å². The van der Waals surface area contributed by atoms with Crippen molar-refractivity contribution < 1.29 is 27.9 Å². The average molecular weight is 314 g/mol. The van der Waals surface area contributed by atoms with E-state index >= 15 is 0 Å². The van der Waals surface area contributed by atoms with Crippen LogP contribution in [0.1, 0.15) is 16.8 Å². The molecule has 8 nitrogen and oxygen atoms in total. The summed E-state index contributed by atoms with van der Waals surface area (Å²) in [6.07, 6.45) is 0.484. The van der Waals surface area contributed by atoms with Crippen molar-refractivity contribution >= 4 is 27.6 Å². The van der Waals surface area contributed by atoms with Crippen molar-refractivity contribution in [3.05, 3.63) is 29.8 Å². The molecule has 0 heterocycles. The number of hydrogen-bond acceptors (Lipinski definition) is 5. The van der Waals surface area contributed by atoms with Crippen molar-refractivity contribution in [2.24, 2.45) is 5.73 Å². The fourth-order valence-electron chi connectivity index (χ4n) is 1.50. The first kappa shape index (κ1) is 16.6. The van der Waals surface area contributed by atoms with E-state index in [0.29, 0.717) is 0 Å². The molecule has 1 aromatic rings. The van der Waals surface area contributed by atoms with Gasteiger partial charge in [-0.15, -0.1) is 0 Å². The highest BCUT2D eigenvalue weighted by atomic mass is 32.2. The van der Waals surface area contributed by atoms with Crippen LogP contribution in [-0.4, -0.2) is 43.6 Å². The number of carbonyl (C=O) groups excluding carboxylic acids is 2. The predicted octanol–water partition coefficient (Wildman–Crippen LogP) is -0.851. The second-order valence-electron chi connectivity index (χ2n) is 4.33. The Labute approximate surface area is 120 Å². The summed E-state index contributed by atoms with van der Waals surface area (Å²) >= 11 is 0. The Morgan fingerprint density at radius 1 is 1.24 bits per heavy atom. The van der Waals surface area contributed by atoms with Gasteiger partial charge in [0.25, 0.3) is 5.91 Å². The average Bonchev–Trinajstić information content (AvgIpc) is 2.36. The van der Waals surface area contributed by atoms with Crippen LogP contribution in [0.4, 0.5) is 0 Å². The molecule has 0 unspecified atom stereocenters. The molecule has 21 heavy (non-hydrogen) atoms. The first-order chi connectivity index (χ1) is 9.61. The minimum absolute atomic E-state index is 0.0333. The van der Waals surface area contributed by atoms with Crippen molar-refractivity contribution in [2.45, 2.75) is 17.4 Å². The highest BCUT2D eigenvalue weighted by Gasteiger charge is 2.22. The number of sulfone groups is 1. The fraction of sp³-hybridized carbons (Fsp3) is 0.250. The summed E-state index contributed by atoms with van der Waals surface area (Å²) in [4.78, 5) is 33.5. The van der Waals surface area contributed by atoms with Gasteiger partial charge in [-0.25, -0.2) is 13.2 Å². The molecule has 0 saturated carbocycles. The Morgan fingerprint density at radius 2 is 1.76 bits per heavy atom. The maximum Gasteiger partial charge on any atom is 0.326 e. The molecule has 0 aliphatic rings. The third-order valence-corrected chi connectivity index (χ3v) is 3.68. The lowest BCUT2D eigenvalue weighted by molar-refractivity contribution is -0.140. The van der Waals surface area contributed by atoms with Gasteiger partial charge in [0.15, 0.2) is 9.84 Å². The molecular weight excluding hydrogens is 300 g/mol. The van der Waals surface area contributed by atoms with Gasteiger partial charge in [0.05, 0.1) is 11.3 Å². The van der Waals surface area contributed by atoms with Crippen molar-refractivity contribution in [3.63, 3.8) is 0 Å². The molecule has 0 aliphatic heterocycles. The number of aliphatic carboxylic acids is 1. The molecule has 1 atom stereocenters. The highest BCUT2D eigenvalue weighted by Crippen LogP contribution is 2.10. The number of hydrogen-bond donors (Lipinski definition) is 3. The molecule has 4 N–H and O–H groups in total. The Bertz CT molecular complexity index is 665. The topological polar surface area (TPSA) is 144 Å². The van der Waals surface area contributed by atoms with E-state index in [2.05, 4.69) is 5.32 Å². The van der Waals surface area contributed by atoms with E-state index in [-0.39, 0.29) is 10.5 Å². The van der Waals surface area contributed by atoms with E-state index in [4.69, 9.17) is 10.8 Å². The Hall–Kier alpha value is -2.42. The normalized spacial score (nSPS) is 12.4. The van der Waals surface area contributed by atoms with Crippen LogP contribution < -0.4 is 11.1 Å². The van der Waals surface area contributed by atoms with Gasteiger partial charge in [-0.1, -0.05) is 0 Å². The smallest absolute Gasteiger partial charge is 0.326 e. The Kier molecular flexibility index (Phi) is 5.03. The van der Waals surface area contributed by atoms with Crippen LogP contribution in [0.5, 0.6) is 0 Å². The van der Waals surface area contributed by atoms with Gasteiger partial charge in [-0.3, -0.25) is 9.59 Å². The molecule has 0 aromatic heterocycles. The van der Waals surface area contributed by atoms with Gasteiger partial charge >= 0.3 is 5.97 Å². The van der Waals surface area contributed by atoms with Crippen LogP contribution in [0.3, 0.4) is 0 Å². The van der Waals surface area contributed by atoms with Crippen molar-refractivity contribution in [2.75, 3.05) is 6.26 Å². The Morgan fingerprint density at radius 3 is 2.14 bits per heavy atom. The maximum atomic E-state index is 11.8. The maximum absolute atomic E-state index is 11.8. The number of nitrogens with two attached hydrogens (primary N) is 1. The molecule has 0 radical (unpaired) electrons. The number of benzene rings is 1. The van der Waals surface area contributed by atoms with Gasteiger partial charge in [0.2, 0.25) is 5.91 Å². The molecule has 0 saturated heterocycles. The SMILES string of the molecule is CS(=O)(=O)c1ccc(C(=O)N[C@@H](CC(N)=O)C(=O)O)cc1. The van der Waals surface area contributed by atoms with Crippen LogP contribution in [0.15, 0.2) is 29.2 Å². The summed E-state index contributed by atoms with van der Waals surface area (Å²) in [6.45, 7) is 0. The first-order valence-corrected chi connectivity index (χ1v) is 7.62. The largest absolute Gasteiger partial charge is 0.480 e. The summed E-state index contributed by atoms with van der Waals surface area (Å²) in [5.41, 5.74) is 4.96. The number of rotatable bonds is 6. The monoisotopic (exact) mass is 314 g/mol. The number of primary amides is 1. The minimum Gasteiger partial charge on any atom is -0.480 e. The Balaban J connectivity index is 2.88. The van der Waals surface area contributed by atoms with Crippen molar-refractivity contribution in [1.82, 2.24) is 5.32 Å². The second-order valence-corrected chi connectivity index (χ2v) is 6.35. The molecule has 0 bridgehead atoms. The molecule has 1 aromatic carbocycles. The molecule has 0 fully saturated rings. The lowest BCUT2D eigenvalue weighted by Gasteiger charge is -2.12. The zero-order valence-corrected chi connectivity index (χ0v) is 11.9. The summed E-state index contributed by atoms with van der Waals surface area (Å²) in [7, 11) is -3.38. The number of carboxylic acid groups (broad SMARTS) is 1. The van der Waals surface area contributed by atoms with Crippen LogP contribution in [0.2, 0.25) is 0 Å². The van der Waals surface area contributed by atoms with E-state index in [0.717, 1.165) is 6.26 Å². The van der Waals surface area contributed by atoms with Gasteiger partial charge in [0, 0.05) is 11.8 Å². The molecule has 0 aliphatic carbocycles. The minimum atomic E-state index is -3.38. The zero-order chi connectivity index (χ0) is 16.2. The number of carboxylic acids is 1. The molecule has 2 amide bonds. The molecular formula is C12H14N2O6S. The highest BCUT2D eigenvalue weighted by molar-refractivity contribution is 7.90. The van der Waals surface area contributed by atoms with Gasteiger partial charge in [-0.2, -0.15) is 0 Å². The van der Waals surface area contributed by atoms with Crippen LogP contribution in [0.25, 0.3) is 0 Å².